The van der Waals surface area contributed by atoms with Crippen LogP contribution in [0.1, 0.15) is 25.5 Å². The number of hydrogen-bond acceptors (Lipinski definition) is 7. The smallest absolute Gasteiger partial charge is 0.233 e. The van der Waals surface area contributed by atoms with Gasteiger partial charge in [0.2, 0.25) is 17.8 Å². The fourth-order valence-corrected chi connectivity index (χ4v) is 3.27. The first-order chi connectivity index (χ1) is 11.3. The van der Waals surface area contributed by atoms with Crippen LogP contribution in [0.3, 0.4) is 0 Å². The maximum Gasteiger partial charge on any atom is 0.233 e. The van der Waals surface area contributed by atoms with Crippen molar-refractivity contribution in [3.05, 3.63) is 33.8 Å². The fraction of sp³-hybridized carbons (Fsp3) is 0.286. The summed E-state index contributed by atoms with van der Waals surface area (Å²) in [4.78, 5) is 23.9. The Labute approximate surface area is 153 Å². The number of hydrogen-bond donors (Lipinski definition) is 3. The van der Waals surface area contributed by atoms with Crippen LogP contribution in [0, 0.1) is 0 Å². The third-order valence-electron chi connectivity index (χ3n) is 3.09. The molecule has 0 spiro atoms. The number of amides is 1. The van der Waals surface area contributed by atoms with E-state index in [2.05, 4.69) is 20.3 Å². The Hall–Kier alpha value is -1.77. The van der Waals surface area contributed by atoms with Crippen LogP contribution < -0.4 is 16.8 Å². The van der Waals surface area contributed by atoms with Crippen molar-refractivity contribution in [2.24, 2.45) is 0 Å². The summed E-state index contributed by atoms with van der Waals surface area (Å²) >= 11 is 13.2. The molecule has 1 aromatic heterocycles. The van der Waals surface area contributed by atoms with Gasteiger partial charge in [-0.25, -0.2) is 0 Å². The van der Waals surface area contributed by atoms with Crippen LogP contribution in [0.15, 0.2) is 23.4 Å². The average Bonchev–Trinajstić information content (AvgIpc) is 2.45. The molecule has 0 bridgehead atoms. The molecule has 2 rings (SSSR count). The van der Waals surface area contributed by atoms with Gasteiger partial charge in [-0.05, 0) is 31.5 Å². The standard InChI is InChI=1S/C14H16Cl2N6OS/c1-6(9-4-3-8(15)5-10(9)16)19-11(23)7(2)24-14-21-12(17)20-13(18)22-14/h3-7H,1-2H3,(H,19,23)(H4,17,18,20,21,22). The van der Waals surface area contributed by atoms with Crippen LogP contribution in [0.2, 0.25) is 10.0 Å². The summed E-state index contributed by atoms with van der Waals surface area (Å²) in [6, 6.07) is 4.86. The second kappa shape index (κ2) is 7.87. The highest BCUT2D eigenvalue weighted by Gasteiger charge is 2.20. The summed E-state index contributed by atoms with van der Waals surface area (Å²) in [6.07, 6.45) is 0. The first-order valence-corrected chi connectivity index (χ1v) is 8.59. The molecule has 0 saturated carbocycles. The Balaban J connectivity index is 2.02. The first-order valence-electron chi connectivity index (χ1n) is 6.95. The topological polar surface area (TPSA) is 120 Å². The summed E-state index contributed by atoms with van der Waals surface area (Å²) in [7, 11) is 0. The number of carbonyl (C=O) groups excluding carboxylic acids is 1. The third-order valence-corrected chi connectivity index (χ3v) is 4.61. The number of aromatic nitrogens is 3. The molecule has 0 aliphatic heterocycles. The lowest BCUT2D eigenvalue weighted by Gasteiger charge is -2.18. The number of nitrogens with one attached hydrogen (secondary N) is 1. The zero-order valence-electron chi connectivity index (χ0n) is 13.0. The predicted molar refractivity (Wildman–Crippen MR) is 97.0 cm³/mol. The Kier molecular flexibility index (Phi) is 6.09. The van der Waals surface area contributed by atoms with E-state index < -0.39 is 5.25 Å². The van der Waals surface area contributed by atoms with Crippen LogP contribution in [0.25, 0.3) is 0 Å². The second-order valence-corrected chi connectivity index (χ2v) is 7.14. The quantitative estimate of drug-likeness (QED) is 0.675. The number of nitrogens with two attached hydrogens (primary N) is 2. The molecule has 128 valence electrons. The number of halogens is 2. The highest BCUT2D eigenvalue weighted by Crippen LogP contribution is 2.27. The van der Waals surface area contributed by atoms with Crippen molar-refractivity contribution in [1.29, 1.82) is 0 Å². The van der Waals surface area contributed by atoms with Gasteiger partial charge in [0.15, 0.2) is 5.16 Å². The second-order valence-electron chi connectivity index (χ2n) is 4.99. The van der Waals surface area contributed by atoms with E-state index in [0.717, 1.165) is 17.3 Å². The van der Waals surface area contributed by atoms with Gasteiger partial charge in [0.1, 0.15) is 0 Å². The lowest BCUT2D eigenvalue weighted by Crippen LogP contribution is -2.33. The summed E-state index contributed by atoms with van der Waals surface area (Å²) in [5.74, 6) is -0.172. The molecule has 2 atom stereocenters. The van der Waals surface area contributed by atoms with E-state index in [1.807, 2.05) is 6.92 Å². The first kappa shape index (κ1) is 18.6. The average molecular weight is 387 g/mol. The van der Waals surface area contributed by atoms with Gasteiger partial charge in [0.05, 0.1) is 11.3 Å². The number of thioether (sulfide) groups is 1. The van der Waals surface area contributed by atoms with Crippen LogP contribution >= 0.6 is 35.0 Å². The minimum Gasteiger partial charge on any atom is -0.368 e. The van der Waals surface area contributed by atoms with Crippen molar-refractivity contribution in [3.63, 3.8) is 0 Å². The fourth-order valence-electron chi connectivity index (χ4n) is 1.91. The molecule has 0 radical (unpaired) electrons. The largest absolute Gasteiger partial charge is 0.368 e. The Morgan fingerprint density at radius 2 is 1.79 bits per heavy atom. The van der Waals surface area contributed by atoms with Gasteiger partial charge in [-0.15, -0.1) is 0 Å². The zero-order valence-corrected chi connectivity index (χ0v) is 15.3. The van der Waals surface area contributed by atoms with Gasteiger partial charge in [-0.2, -0.15) is 15.0 Å². The summed E-state index contributed by atoms with van der Waals surface area (Å²) in [6.45, 7) is 3.57. The number of benzene rings is 1. The molecule has 24 heavy (non-hydrogen) atoms. The van der Waals surface area contributed by atoms with Gasteiger partial charge in [-0.1, -0.05) is 41.0 Å². The van der Waals surface area contributed by atoms with E-state index in [0.29, 0.717) is 15.2 Å². The molecular formula is C14H16Cl2N6OS. The minimum atomic E-state index is -0.459. The zero-order chi connectivity index (χ0) is 17.9. The lowest BCUT2D eigenvalue weighted by molar-refractivity contribution is -0.120. The third kappa shape index (κ3) is 4.86. The number of rotatable bonds is 5. The maximum absolute atomic E-state index is 12.3. The number of nitrogen functional groups attached to an aromatic ring is 2. The van der Waals surface area contributed by atoms with Crippen LogP contribution in [-0.4, -0.2) is 26.1 Å². The number of anilines is 2. The molecular weight excluding hydrogens is 371 g/mol. The van der Waals surface area contributed by atoms with Crippen molar-refractivity contribution in [2.45, 2.75) is 30.3 Å². The molecule has 2 unspecified atom stereocenters. The van der Waals surface area contributed by atoms with Crippen molar-refractivity contribution in [1.82, 2.24) is 20.3 Å². The summed E-state index contributed by atoms with van der Waals surface area (Å²) in [5, 5.41) is 3.75. The van der Waals surface area contributed by atoms with E-state index in [-0.39, 0.29) is 23.8 Å². The van der Waals surface area contributed by atoms with Crippen molar-refractivity contribution in [3.8, 4) is 0 Å². The van der Waals surface area contributed by atoms with Gasteiger partial charge in [-0.3, -0.25) is 4.79 Å². The van der Waals surface area contributed by atoms with E-state index in [9.17, 15) is 4.79 Å². The van der Waals surface area contributed by atoms with Crippen LogP contribution in [0.5, 0.6) is 0 Å². The van der Waals surface area contributed by atoms with Crippen LogP contribution in [-0.2, 0) is 4.79 Å². The molecule has 1 amide bonds. The van der Waals surface area contributed by atoms with Gasteiger partial charge in [0, 0.05) is 10.0 Å². The summed E-state index contributed by atoms with van der Waals surface area (Å²) in [5.41, 5.74) is 11.8. The van der Waals surface area contributed by atoms with Gasteiger partial charge < -0.3 is 16.8 Å². The molecule has 7 nitrogen and oxygen atoms in total. The SMILES string of the molecule is CC(Sc1nc(N)nc(N)n1)C(=O)NC(C)c1ccc(Cl)cc1Cl. The molecule has 2 aromatic rings. The highest BCUT2D eigenvalue weighted by atomic mass is 35.5. The maximum atomic E-state index is 12.3. The number of carbonyl (C=O) groups is 1. The van der Waals surface area contributed by atoms with E-state index in [1.54, 1.807) is 25.1 Å². The lowest BCUT2D eigenvalue weighted by atomic mass is 10.1. The monoisotopic (exact) mass is 386 g/mol. The minimum absolute atomic E-state index is 0.0129. The highest BCUT2D eigenvalue weighted by molar-refractivity contribution is 8.00. The summed E-state index contributed by atoms with van der Waals surface area (Å²) < 4.78 is 0. The molecule has 0 aliphatic rings. The van der Waals surface area contributed by atoms with Gasteiger partial charge in [0.25, 0.3) is 0 Å². The molecule has 5 N–H and O–H groups in total. The predicted octanol–water partition coefficient (Wildman–Crippen LogP) is 2.70. The van der Waals surface area contributed by atoms with Crippen molar-refractivity contribution < 1.29 is 4.79 Å². The van der Waals surface area contributed by atoms with Gasteiger partial charge >= 0.3 is 0 Å². The van der Waals surface area contributed by atoms with Crippen molar-refractivity contribution >= 4 is 52.8 Å². The Morgan fingerprint density at radius 1 is 1.17 bits per heavy atom. The Morgan fingerprint density at radius 3 is 2.38 bits per heavy atom. The Bertz CT molecular complexity index is 740. The molecule has 0 aliphatic carbocycles. The van der Waals surface area contributed by atoms with E-state index in [1.165, 1.54) is 0 Å². The molecule has 1 heterocycles. The van der Waals surface area contributed by atoms with E-state index >= 15 is 0 Å². The van der Waals surface area contributed by atoms with Crippen molar-refractivity contribution in [2.75, 3.05) is 11.5 Å². The molecule has 10 heteroatoms. The van der Waals surface area contributed by atoms with E-state index in [4.69, 9.17) is 34.7 Å². The number of nitrogens with zero attached hydrogens (tertiary/aromatic N) is 3. The van der Waals surface area contributed by atoms with Crippen LogP contribution in [0.4, 0.5) is 11.9 Å². The molecule has 0 fully saturated rings. The molecule has 1 aromatic carbocycles. The normalized spacial score (nSPS) is 13.3. The molecule has 0 saturated heterocycles.